The fraction of sp³-hybridized carbons (Fsp3) is 0.467. The summed E-state index contributed by atoms with van der Waals surface area (Å²) < 4.78 is 87.6. The first-order chi connectivity index (χ1) is 12.1. The second-order valence-corrected chi connectivity index (χ2v) is 5.69. The number of alkyl halides is 6. The summed E-state index contributed by atoms with van der Waals surface area (Å²) in [5.41, 5.74) is -3.27. The Morgan fingerprint density at radius 3 is 2.00 bits per heavy atom. The van der Waals surface area contributed by atoms with E-state index in [1.165, 1.54) is 0 Å². The molecule has 0 spiro atoms. The smallest absolute Gasteiger partial charge is 0.416 e. The van der Waals surface area contributed by atoms with Gasteiger partial charge in [-0.2, -0.15) is 31.3 Å². The van der Waals surface area contributed by atoms with Gasteiger partial charge in [-0.15, -0.1) is 0 Å². The minimum atomic E-state index is -4.93. The molecule has 2 heterocycles. The van der Waals surface area contributed by atoms with Crippen molar-refractivity contribution in [1.82, 2.24) is 15.0 Å². The van der Waals surface area contributed by atoms with Gasteiger partial charge in [-0.25, -0.2) is 0 Å². The molecule has 27 heavy (non-hydrogen) atoms. The first-order valence-electron chi connectivity index (χ1n) is 7.55. The minimum Gasteiger partial charge on any atom is -1.00 e. The van der Waals surface area contributed by atoms with Gasteiger partial charge >= 0.3 is 12.4 Å². The summed E-state index contributed by atoms with van der Waals surface area (Å²) >= 11 is 0. The van der Waals surface area contributed by atoms with Gasteiger partial charge in [0.05, 0.1) is 30.9 Å². The maximum Gasteiger partial charge on any atom is 0.416 e. The van der Waals surface area contributed by atoms with Crippen LogP contribution in [0.4, 0.5) is 26.3 Å². The maximum atomic E-state index is 12.9. The summed E-state index contributed by atoms with van der Waals surface area (Å²) in [7, 11) is 0. The van der Waals surface area contributed by atoms with Crippen LogP contribution in [0.15, 0.2) is 22.7 Å². The first-order valence-corrected chi connectivity index (χ1v) is 7.55. The number of hydrogen-bond acceptors (Lipinski definition) is 5. The fourth-order valence-corrected chi connectivity index (χ4v) is 2.47. The van der Waals surface area contributed by atoms with Gasteiger partial charge in [0.1, 0.15) is 0 Å². The van der Waals surface area contributed by atoms with E-state index in [0.29, 0.717) is 38.4 Å². The molecule has 1 aromatic heterocycles. The molecule has 0 saturated carbocycles. The SMILES string of the molecule is FC(F)(F)c1cc(-c2noc(CN3CCOCC3)n2)cc(C(F)(F)F)c1.[Cl-]. The first kappa shape index (κ1) is 21.5. The highest BCUT2D eigenvalue weighted by atomic mass is 35.5. The van der Waals surface area contributed by atoms with Gasteiger partial charge in [0.15, 0.2) is 0 Å². The van der Waals surface area contributed by atoms with Gasteiger partial charge in [0.2, 0.25) is 11.7 Å². The molecular formula is C15H13ClF6N3O2-. The third-order valence-corrected chi connectivity index (χ3v) is 3.78. The summed E-state index contributed by atoms with van der Waals surface area (Å²) in [4.78, 5) is 5.85. The molecule has 2 aromatic rings. The van der Waals surface area contributed by atoms with Gasteiger partial charge in [0, 0.05) is 18.7 Å². The monoisotopic (exact) mass is 416 g/mol. The average Bonchev–Trinajstić information content (AvgIpc) is 3.02. The summed E-state index contributed by atoms with van der Waals surface area (Å²) in [6.45, 7) is 2.49. The van der Waals surface area contributed by atoms with E-state index in [4.69, 9.17) is 9.26 Å². The summed E-state index contributed by atoms with van der Waals surface area (Å²) in [6.07, 6.45) is -9.87. The number of nitrogens with zero attached hydrogens (tertiary/aromatic N) is 3. The molecule has 3 rings (SSSR count). The molecule has 1 fully saturated rings. The standard InChI is InChI=1S/C15H13F6N3O2.ClH/c16-14(17,18)10-5-9(6-11(7-10)15(19,20)21)13-22-12(26-23-13)8-24-1-3-25-4-2-24;/h5-7H,1-4,8H2;1H/p-1. The van der Waals surface area contributed by atoms with Gasteiger partial charge in [0.25, 0.3) is 0 Å². The van der Waals surface area contributed by atoms with Crippen LogP contribution in [-0.4, -0.2) is 41.3 Å². The van der Waals surface area contributed by atoms with Crippen molar-refractivity contribution in [3.05, 3.63) is 35.2 Å². The van der Waals surface area contributed by atoms with Crippen LogP contribution in [-0.2, 0) is 23.6 Å². The Morgan fingerprint density at radius 1 is 0.926 bits per heavy atom. The zero-order chi connectivity index (χ0) is 18.9. The minimum absolute atomic E-state index is 0. The predicted octanol–water partition coefficient (Wildman–Crippen LogP) is 0.610. The lowest BCUT2D eigenvalue weighted by atomic mass is 10.0. The van der Waals surface area contributed by atoms with Crippen molar-refractivity contribution in [2.45, 2.75) is 18.9 Å². The van der Waals surface area contributed by atoms with Crippen LogP contribution in [0, 0.1) is 0 Å². The van der Waals surface area contributed by atoms with Crippen molar-refractivity contribution in [2.75, 3.05) is 26.3 Å². The third kappa shape index (κ3) is 5.33. The van der Waals surface area contributed by atoms with Crippen LogP contribution in [0.5, 0.6) is 0 Å². The normalized spacial score (nSPS) is 16.2. The van der Waals surface area contributed by atoms with Crippen molar-refractivity contribution < 1.29 is 48.0 Å². The van der Waals surface area contributed by atoms with Crippen molar-refractivity contribution in [3.63, 3.8) is 0 Å². The highest BCUT2D eigenvalue weighted by Gasteiger charge is 2.37. The lowest BCUT2D eigenvalue weighted by Gasteiger charge is -2.24. The van der Waals surface area contributed by atoms with E-state index in [1.807, 2.05) is 4.90 Å². The van der Waals surface area contributed by atoms with Gasteiger partial charge < -0.3 is 21.7 Å². The molecule has 0 aliphatic carbocycles. The third-order valence-electron chi connectivity index (χ3n) is 3.78. The quantitative estimate of drug-likeness (QED) is 0.686. The maximum absolute atomic E-state index is 12.9. The summed E-state index contributed by atoms with van der Waals surface area (Å²) in [5, 5.41) is 3.52. The molecule has 5 nitrogen and oxygen atoms in total. The van der Waals surface area contributed by atoms with Crippen LogP contribution in [0.25, 0.3) is 11.4 Å². The second-order valence-electron chi connectivity index (χ2n) is 5.69. The highest BCUT2D eigenvalue weighted by molar-refractivity contribution is 5.58. The number of benzene rings is 1. The molecule has 1 aromatic carbocycles. The molecule has 1 saturated heterocycles. The largest absolute Gasteiger partial charge is 1.00 e. The molecule has 0 N–H and O–H groups in total. The molecule has 1 aliphatic heterocycles. The number of halogens is 7. The van der Waals surface area contributed by atoms with Crippen molar-refractivity contribution in [3.8, 4) is 11.4 Å². The summed E-state index contributed by atoms with van der Waals surface area (Å²) in [5.74, 6) is -0.224. The lowest BCUT2D eigenvalue weighted by Crippen LogP contribution is -3.00. The molecular weight excluding hydrogens is 404 g/mol. The van der Waals surface area contributed by atoms with E-state index in [1.54, 1.807) is 0 Å². The zero-order valence-electron chi connectivity index (χ0n) is 13.6. The molecule has 0 radical (unpaired) electrons. The fourth-order valence-electron chi connectivity index (χ4n) is 2.47. The van der Waals surface area contributed by atoms with Gasteiger partial charge in [-0.1, -0.05) is 5.16 Å². The topological polar surface area (TPSA) is 51.4 Å². The number of ether oxygens (including phenoxy) is 1. The highest BCUT2D eigenvalue weighted by Crippen LogP contribution is 2.38. The lowest BCUT2D eigenvalue weighted by molar-refractivity contribution is -0.143. The van der Waals surface area contributed by atoms with Crippen molar-refractivity contribution in [1.29, 1.82) is 0 Å². The van der Waals surface area contributed by atoms with Crippen LogP contribution in [0.3, 0.4) is 0 Å². The van der Waals surface area contributed by atoms with E-state index in [2.05, 4.69) is 10.1 Å². The Bertz CT molecular complexity index is 739. The van der Waals surface area contributed by atoms with Crippen molar-refractivity contribution >= 4 is 0 Å². The van der Waals surface area contributed by atoms with Crippen LogP contribution >= 0.6 is 0 Å². The Labute approximate surface area is 155 Å². The Morgan fingerprint density at radius 2 is 1.48 bits per heavy atom. The van der Waals surface area contributed by atoms with E-state index in [-0.39, 0.29) is 36.7 Å². The molecule has 0 unspecified atom stereocenters. The van der Waals surface area contributed by atoms with Gasteiger partial charge in [-0.3, -0.25) is 4.90 Å². The number of morpholine rings is 1. The zero-order valence-corrected chi connectivity index (χ0v) is 14.3. The van der Waals surface area contributed by atoms with Crippen LogP contribution in [0.1, 0.15) is 17.0 Å². The van der Waals surface area contributed by atoms with E-state index in [0.717, 1.165) is 0 Å². The molecule has 12 heteroatoms. The van der Waals surface area contributed by atoms with Gasteiger partial charge in [-0.05, 0) is 18.2 Å². The molecule has 150 valence electrons. The van der Waals surface area contributed by atoms with E-state index >= 15 is 0 Å². The number of rotatable bonds is 3. The van der Waals surface area contributed by atoms with Crippen molar-refractivity contribution in [2.24, 2.45) is 0 Å². The Kier molecular flexibility index (Phi) is 6.38. The second kappa shape index (κ2) is 8.03. The van der Waals surface area contributed by atoms with E-state index in [9.17, 15) is 26.3 Å². The average molecular weight is 417 g/mol. The molecule has 0 amide bonds. The van der Waals surface area contributed by atoms with Crippen LogP contribution in [0.2, 0.25) is 0 Å². The number of hydrogen-bond donors (Lipinski definition) is 0. The molecule has 1 aliphatic rings. The Hall–Kier alpha value is -1.85. The Balaban J connectivity index is 0.00000261. The van der Waals surface area contributed by atoms with E-state index < -0.39 is 29.0 Å². The predicted molar refractivity (Wildman–Crippen MR) is 75.8 cm³/mol. The number of aromatic nitrogens is 2. The summed E-state index contributed by atoms with van der Waals surface area (Å²) in [6, 6.07) is 1.19. The molecule has 0 atom stereocenters. The van der Waals surface area contributed by atoms with Crippen LogP contribution < -0.4 is 12.4 Å². The molecule has 0 bridgehead atoms.